The average Bonchev–Trinajstić information content (AvgIpc) is 3.41. The predicted molar refractivity (Wildman–Crippen MR) is 164 cm³/mol. The second kappa shape index (κ2) is 19.8. The Balaban J connectivity index is 1.45. The zero-order valence-electron chi connectivity index (χ0n) is 24.8. The number of benzene rings is 3. The smallest absolute Gasteiger partial charge is 0.186 e. The minimum Gasteiger partial charge on any atom is -0.378 e. The van der Waals surface area contributed by atoms with Crippen LogP contribution in [0.5, 0.6) is 0 Å². The lowest BCUT2D eigenvalue weighted by Gasteiger charge is -2.29. The van der Waals surface area contributed by atoms with Crippen LogP contribution in [0.25, 0.3) is 0 Å². The van der Waals surface area contributed by atoms with Gasteiger partial charge in [-0.15, -0.1) is 11.6 Å². The Hall–Kier alpha value is -2.37. The van der Waals surface area contributed by atoms with Crippen LogP contribution in [0.2, 0.25) is 0 Å². The molecule has 3 aromatic rings. The van der Waals surface area contributed by atoms with Gasteiger partial charge in [-0.3, -0.25) is 0 Å². The highest BCUT2D eigenvalue weighted by Crippen LogP contribution is 2.32. The zero-order chi connectivity index (χ0) is 30.0. The molecule has 0 saturated carbocycles. The first-order valence-corrected chi connectivity index (χ1v) is 15.3. The van der Waals surface area contributed by atoms with E-state index in [2.05, 4.69) is 0 Å². The van der Waals surface area contributed by atoms with Gasteiger partial charge in [0.1, 0.15) is 24.4 Å². The minimum atomic E-state index is -0.658. The molecule has 0 aromatic heterocycles. The molecule has 9 heteroatoms. The molecule has 43 heavy (non-hydrogen) atoms. The lowest BCUT2D eigenvalue weighted by molar-refractivity contribution is -0.186. The second-order valence-corrected chi connectivity index (χ2v) is 10.4. The van der Waals surface area contributed by atoms with Crippen molar-refractivity contribution < 1.29 is 37.9 Å². The number of hydrogen-bond acceptors (Lipinski definition) is 8. The van der Waals surface area contributed by atoms with Crippen molar-refractivity contribution >= 4 is 11.6 Å². The molecule has 8 nitrogen and oxygen atoms in total. The molecule has 3 aromatic carbocycles. The highest BCUT2D eigenvalue weighted by atomic mass is 35.5. The molecular formula is C34H43ClO8. The van der Waals surface area contributed by atoms with Crippen LogP contribution >= 0.6 is 11.6 Å². The Morgan fingerprint density at radius 2 is 1.19 bits per heavy atom. The number of halogens is 1. The molecule has 1 heterocycles. The summed E-state index contributed by atoms with van der Waals surface area (Å²) in [5.41, 5.74) is 3.18. The van der Waals surface area contributed by atoms with Crippen molar-refractivity contribution in [3.8, 4) is 0 Å². The van der Waals surface area contributed by atoms with Crippen molar-refractivity contribution in [2.24, 2.45) is 0 Å². The fraction of sp³-hybridized carbons (Fsp3) is 0.471. The summed E-state index contributed by atoms with van der Waals surface area (Å²) >= 11 is 5.65. The van der Waals surface area contributed by atoms with Crippen LogP contribution in [0.3, 0.4) is 0 Å². The predicted octanol–water partition coefficient (Wildman–Crippen LogP) is 5.40. The van der Waals surface area contributed by atoms with Crippen LogP contribution in [0.15, 0.2) is 91.0 Å². The third-order valence-corrected chi connectivity index (χ3v) is 7.08. The summed E-state index contributed by atoms with van der Waals surface area (Å²) in [5.74, 6) is 0.460. The molecule has 5 atom stereocenters. The van der Waals surface area contributed by atoms with E-state index in [0.717, 1.165) is 16.7 Å². The van der Waals surface area contributed by atoms with Crippen LogP contribution in [0, 0.1) is 0 Å². The topological polar surface area (TPSA) is 73.8 Å². The van der Waals surface area contributed by atoms with E-state index in [1.807, 2.05) is 91.0 Å². The van der Waals surface area contributed by atoms with Crippen molar-refractivity contribution in [1.29, 1.82) is 0 Å². The fourth-order valence-corrected chi connectivity index (χ4v) is 4.88. The minimum absolute atomic E-state index is 0.298. The SMILES string of the molecule is COC1O[C@H]([C@@H](COCc2ccccc2)OCc2ccccc2)[C@H](OCc2ccccc2)[C@H]1OCCOCCOCCCl. The first kappa shape index (κ1) is 33.5. The van der Waals surface area contributed by atoms with Crippen molar-refractivity contribution in [3.63, 3.8) is 0 Å². The van der Waals surface area contributed by atoms with Crippen molar-refractivity contribution in [1.82, 2.24) is 0 Å². The number of hydrogen-bond donors (Lipinski definition) is 0. The maximum Gasteiger partial charge on any atom is 0.186 e. The number of rotatable bonds is 21. The Bertz CT molecular complexity index is 1110. The molecular weight excluding hydrogens is 572 g/mol. The Morgan fingerprint density at radius 1 is 0.628 bits per heavy atom. The maximum atomic E-state index is 6.53. The van der Waals surface area contributed by atoms with Gasteiger partial charge in [-0.2, -0.15) is 0 Å². The van der Waals surface area contributed by atoms with Gasteiger partial charge in [0.15, 0.2) is 6.29 Å². The van der Waals surface area contributed by atoms with Crippen LogP contribution < -0.4 is 0 Å². The zero-order valence-corrected chi connectivity index (χ0v) is 25.5. The summed E-state index contributed by atoms with van der Waals surface area (Å²) in [4.78, 5) is 0. The fourth-order valence-electron chi connectivity index (χ4n) is 4.77. The molecule has 234 valence electrons. The van der Waals surface area contributed by atoms with Crippen molar-refractivity contribution in [2.75, 3.05) is 52.6 Å². The molecule has 0 spiro atoms. The molecule has 4 rings (SSSR count). The average molecular weight is 615 g/mol. The normalized spacial score (nSPS) is 20.8. The summed E-state index contributed by atoms with van der Waals surface area (Å²) in [5, 5.41) is 0. The van der Waals surface area contributed by atoms with E-state index in [4.69, 9.17) is 49.5 Å². The van der Waals surface area contributed by atoms with Crippen LogP contribution in [0.4, 0.5) is 0 Å². The van der Waals surface area contributed by atoms with Gasteiger partial charge in [0.2, 0.25) is 0 Å². The first-order chi connectivity index (χ1) is 21.3. The molecule has 1 saturated heterocycles. The maximum absolute atomic E-state index is 6.53. The summed E-state index contributed by atoms with van der Waals surface area (Å²) in [6.45, 7) is 3.69. The summed E-state index contributed by atoms with van der Waals surface area (Å²) in [6.07, 6.45) is -2.62. The van der Waals surface area contributed by atoms with E-state index in [1.54, 1.807) is 7.11 Å². The molecule has 1 fully saturated rings. The van der Waals surface area contributed by atoms with Gasteiger partial charge in [0.25, 0.3) is 0 Å². The lowest BCUT2D eigenvalue weighted by Crippen LogP contribution is -2.45. The Morgan fingerprint density at radius 3 is 1.79 bits per heavy atom. The third-order valence-electron chi connectivity index (χ3n) is 6.92. The highest BCUT2D eigenvalue weighted by molar-refractivity contribution is 6.17. The van der Waals surface area contributed by atoms with E-state index in [9.17, 15) is 0 Å². The van der Waals surface area contributed by atoms with Gasteiger partial charge >= 0.3 is 0 Å². The summed E-state index contributed by atoms with van der Waals surface area (Å²) in [6, 6.07) is 30.1. The van der Waals surface area contributed by atoms with E-state index in [-0.39, 0.29) is 0 Å². The molecule has 0 aliphatic carbocycles. The largest absolute Gasteiger partial charge is 0.378 e. The molecule has 0 amide bonds. The molecule has 0 bridgehead atoms. The third kappa shape index (κ3) is 11.6. The molecule has 0 N–H and O–H groups in total. The van der Waals surface area contributed by atoms with Gasteiger partial charge in [0.05, 0.1) is 59.5 Å². The standard InChI is InChI=1S/C34H43ClO8/c1-36-34-33(40-22-21-38-20-19-37-18-17-35)32(42-25-29-15-9-4-10-16-29)31(43-34)30(41-24-28-13-7-3-8-14-28)26-39-23-27-11-5-2-6-12-27/h2-16,30-34H,17-26H2,1H3/t30-,31-,32+,33-,34?/m1/s1. The van der Waals surface area contributed by atoms with E-state index in [0.29, 0.717) is 65.3 Å². The van der Waals surface area contributed by atoms with Crippen molar-refractivity contribution in [3.05, 3.63) is 108 Å². The van der Waals surface area contributed by atoms with Gasteiger partial charge in [-0.1, -0.05) is 91.0 Å². The summed E-state index contributed by atoms with van der Waals surface area (Å²) in [7, 11) is 1.61. The van der Waals surface area contributed by atoms with Gasteiger partial charge in [0, 0.05) is 13.0 Å². The van der Waals surface area contributed by atoms with Crippen molar-refractivity contribution in [2.45, 2.75) is 50.5 Å². The van der Waals surface area contributed by atoms with E-state index < -0.39 is 30.7 Å². The van der Waals surface area contributed by atoms with Gasteiger partial charge in [-0.05, 0) is 16.7 Å². The van der Waals surface area contributed by atoms with Crippen LogP contribution in [-0.4, -0.2) is 83.3 Å². The molecule has 0 radical (unpaired) electrons. The number of ether oxygens (including phenoxy) is 8. The number of methoxy groups -OCH3 is 1. The van der Waals surface area contributed by atoms with E-state index >= 15 is 0 Å². The second-order valence-electron chi connectivity index (χ2n) is 10.1. The summed E-state index contributed by atoms with van der Waals surface area (Å²) < 4.78 is 48.7. The lowest BCUT2D eigenvalue weighted by atomic mass is 10.0. The van der Waals surface area contributed by atoms with Crippen LogP contribution in [-0.2, 0) is 57.7 Å². The number of alkyl halides is 1. The quantitative estimate of drug-likeness (QED) is 0.117. The Kier molecular flexibility index (Phi) is 15.4. The van der Waals surface area contributed by atoms with Gasteiger partial charge < -0.3 is 37.9 Å². The monoisotopic (exact) mass is 614 g/mol. The molecule has 1 aliphatic heterocycles. The highest BCUT2D eigenvalue weighted by Gasteiger charge is 2.50. The molecule has 1 unspecified atom stereocenters. The first-order valence-electron chi connectivity index (χ1n) is 14.7. The van der Waals surface area contributed by atoms with E-state index in [1.165, 1.54) is 0 Å². The van der Waals surface area contributed by atoms with Crippen LogP contribution in [0.1, 0.15) is 16.7 Å². The Labute approximate surface area is 260 Å². The van der Waals surface area contributed by atoms with Gasteiger partial charge in [-0.25, -0.2) is 0 Å². The molecule has 1 aliphatic rings.